The first-order valence-electron chi connectivity index (χ1n) is 24.1. The van der Waals surface area contributed by atoms with Crippen LogP contribution >= 0.6 is 0 Å². The molecule has 0 N–H and O–H groups in total. The maximum atomic E-state index is 6.50. The van der Waals surface area contributed by atoms with Crippen molar-refractivity contribution in [1.82, 2.24) is 0 Å². The Bertz CT molecular complexity index is 2500. The Labute approximate surface area is 351 Å². The largest absolute Gasteiger partial charge is 0.456 e. The molecule has 0 aliphatic heterocycles. The zero-order valence-electron chi connectivity index (χ0n) is 35.0. The Hall–Kier alpha value is -4.30. The minimum absolute atomic E-state index is 0.338. The summed E-state index contributed by atoms with van der Waals surface area (Å²) in [7, 11) is 0. The molecule has 1 heterocycles. The molecule has 2 heteroatoms. The van der Waals surface area contributed by atoms with Gasteiger partial charge < -0.3 is 9.32 Å². The molecule has 7 bridgehead atoms. The van der Waals surface area contributed by atoms with Crippen molar-refractivity contribution in [2.24, 2.45) is 35.5 Å². The number of hydrogen-bond acceptors (Lipinski definition) is 2. The third kappa shape index (κ3) is 5.77. The summed E-state index contributed by atoms with van der Waals surface area (Å²) < 4.78 is 6.50. The molecule has 0 amide bonds. The number of benzene rings is 5. The van der Waals surface area contributed by atoms with Crippen molar-refractivity contribution in [3.8, 4) is 11.1 Å². The van der Waals surface area contributed by atoms with Crippen LogP contribution in [0.1, 0.15) is 138 Å². The summed E-state index contributed by atoms with van der Waals surface area (Å²) in [5.74, 6) is 6.34. The van der Waals surface area contributed by atoms with Gasteiger partial charge >= 0.3 is 0 Å². The SMILES string of the molecule is c1cc(C23CC4CC(CC(C4)C2)C3)c(-c2ccc(N(c3ccc(C4CCCCC4)cc3)c3ccc4c(c3)oc3ccccc34)cc2)c(C23CCC4CCC(CC4C2)C3)c1. The van der Waals surface area contributed by atoms with E-state index in [1.54, 1.807) is 16.7 Å². The van der Waals surface area contributed by atoms with E-state index >= 15 is 0 Å². The third-order valence-corrected chi connectivity index (χ3v) is 18.1. The molecule has 8 aliphatic carbocycles. The number of fused-ring (bicyclic) bond motifs is 5. The number of hydrogen-bond donors (Lipinski definition) is 0. The molecule has 0 saturated heterocycles. The number of nitrogens with zero attached hydrogens (tertiary/aromatic N) is 1. The molecule has 8 aliphatic rings. The van der Waals surface area contributed by atoms with E-state index in [1.165, 1.54) is 149 Å². The molecule has 8 fully saturated rings. The van der Waals surface area contributed by atoms with Gasteiger partial charge in [-0.2, -0.15) is 0 Å². The second-order valence-electron chi connectivity index (χ2n) is 21.4. The number of para-hydroxylation sites is 1. The second-order valence-corrected chi connectivity index (χ2v) is 21.4. The second kappa shape index (κ2) is 13.6. The molecule has 8 saturated carbocycles. The van der Waals surface area contributed by atoms with Crippen LogP contribution in [0.2, 0.25) is 0 Å². The molecule has 4 atom stereocenters. The monoisotopic (exact) mass is 775 g/mol. The molecule has 1 aromatic heterocycles. The van der Waals surface area contributed by atoms with Crippen LogP contribution in [0.15, 0.2) is 114 Å². The fraction of sp³-hybridized carbons (Fsp3) is 0.474. The van der Waals surface area contributed by atoms with Crippen LogP contribution in [-0.2, 0) is 10.8 Å². The van der Waals surface area contributed by atoms with Gasteiger partial charge in [-0.25, -0.2) is 0 Å². The minimum Gasteiger partial charge on any atom is -0.456 e. The lowest BCUT2D eigenvalue weighted by Gasteiger charge is -2.58. The average molecular weight is 776 g/mol. The van der Waals surface area contributed by atoms with Crippen LogP contribution in [-0.4, -0.2) is 0 Å². The normalized spacial score (nSPS) is 32.3. The van der Waals surface area contributed by atoms with Gasteiger partial charge in [0, 0.05) is 33.9 Å². The zero-order chi connectivity index (χ0) is 38.7. The molecular weight excluding hydrogens is 715 g/mol. The first-order valence-corrected chi connectivity index (χ1v) is 24.1. The molecular formula is C57H61NO. The van der Waals surface area contributed by atoms with Crippen molar-refractivity contribution >= 4 is 39.0 Å². The lowest BCUT2D eigenvalue weighted by atomic mass is 9.46. The van der Waals surface area contributed by atoms with E-state index in [-0.39, 0.29) is 0 Å². The summed E-state index contributed by atoms with van der Waals surface area (Å²) in [6, 6.07) is 42.7. The van der Waals surface area contributed by atoms with Gasteiger partial charge in [-0.1, -0.05) is 86.3 Å². The molecule has 2 nitrogen and oxygen atoms in total. The van der Waals surface area contributed by atoms with Crippen LogP contribution in [0, 0.1) is 35.5 Å². The van der Waals surface area contributed by atoms with E-state index < -0.39 is 0 Å². The Balaban J connectivity index is 0.943. The lowest BCUT2D eigenvalue weighted by molar-refractivity contribution is -0.00545. The van der Waals surface area contributed by atoms with Gasteiger partial charge in [0.2, 0.25) is 0 Å². The van der Waals surface area contributed by atoms with Gasteiger partial charge in [0.05, 0.1) is 0 Å². The fourth-order valence-corrected chi connectivity index (χ4v) is 16.0. The first-order chi connectivity index (χ1) is 29.1. The summed E-state index contributed by atoms with van der Waals surface area (Å²) in [4.78, 5) is 2.48. The van der Waals surface area contributed by atoms with Crippen molar-refractivity contribution in [2.75, 3.05) is 4.90 Å². The van der Waals surface area contributed by atoms with E-state index in [1.807, 2.05) is 0 Å². The van der Waals surface area contributed by atoms with Gasteiger partial charge in [0.25, 0.3) is 0 Å². The predicted molar refractivity (Wildman–Crippen MR) is 244 cm³/mol. The van der Waals surface area contributed by atoms with Crippen molar-refractivity contribution in [1.29, 1.82) is 0 Å². The van der Waals surface area contributed by atoms with Crippen molar-refractivity contribution in [2.45, 2.75) is 132 Å². The van der Waals surface area contributed by atoms with E-state index in [4.69, 9.17) is 4.42 Å². The van der Waals surface area contributed by atoms with Gasteiger partial charge in [0.15, 0.2) is 0 Å². The van der Waals surface area contributed by atoms with E-state index in [0.29, 0.717) is 16.7 Å². The average Bonchev–Trinajstić information content (AvgIpc) is 3.64. The number of anilines is 3. The molecule has 300 valence electrons. The maximum absolute atomic E-state index is 6.50. The van der Waals surface area contributed by atoms with Gasteiger partial charge in [-0.05, 0) is 212 Å². The minimum atomic E-state index is 0.338. The lowest BCUT2D eigenvalue weighted by Crippen LogP contribution is -2.49. The van der Waals surface area contributed by atoms with Crippen LogP contribution in [0.25, 0.3) is 33.1 Å². The molecule has 4 unspecified atom stereocenters. The van der Waals surface area contributed by atoms with Crippen LogP contribution in [0.5, 0.6) is 0 Å². The Morgan fingerprint density at radius 1 is 0.475 bits per heavy atom. The first kappa shape index (κ1) is 35.5. The summed E-state index contributed by atoms with van der Waals surface area (Å²) >= 11 is 0. The topological polar surface area (TPSA) is 16.4 Å². The highest BCUT2D eigenvalue weighted by Gasteiger charge is 2.54. The zero-order valence-corrected chi connectivity index (χ0v) is 35.0. The molecule has 5 aromatic carbocycles. The summed E-state index contributed by atoms with van der Waals surface area (Å²) in [5.41, 5.74) is 14.3. The van der Waals surface area contributed by atoms with Crippen LogP contribution in [0.3, 0.4) is 0 Å². The quantitative estimate of drug-likeness (QED) is 0.161. The highest BCUT2D eigenvalue weighted by Crippen LogP contribution is 2.65. The maximum Gasteiger partial charge on any atom is 0.137 e. The molecule has 0 spiro atoms. The number of rotatable bonds is 7. The van der Waals surface area contributed by atoms with Crippen LogP contribution in [0.4, 0.5) is 17.1 Å². The van der Waals surface area contributed by atoms with E-state index in [0.717, 1.165) is 52.4 Å². The third-order valence-electron chi connectivity index (χ3n) is 18.1. The number of furan rings is 1. The molecule has 0 radical (unpaired) electrons. The molecule has 14 rings (SSSR count). The molecule has 59 heavy (non-hydrogen) atoms. The summed E-state index contributed by atoms with van der Waals surface area (Å²) in [5, 5.41) is 2.37. The van der Waals surface area contributed by atoms with Gasteiger partial charge in [-0.15, -0.1) is 0 Å². The van der Waals surface area contributed by atoms with Gasteiger partial charge in [0.1, 0.15) is 11.2 Å². The van der Waals surface area contributed by atoms with Gasteiger partial charge in [-0.3, -0.25) is 0 Å². The van der Waals surface area contributed by atoms with Crippen molar-refractivity contribution in [3.63, 3.8) is 0 Å². The summed E-state index contributed by atoms with van der Waals surface area (Å²) in [6.45, 7) is 0. The van der Waals surface area contributed by atoms with Crippen molar-refractivity contribution in [3.05, 3.63) is 126 Å². The standard InChI is InChI=1S/C57H61NO/c1-2-7-41(8-3-1)42-15-19-46(20-16-42)58(48-23-24-50-49-9-4-5-12-53(49)59-54(50)31-48)47-21-17-44(18-22-47)55-51(56-26-25-43-14-13-37(32-56)30-45(43)36-56)10-6-11-52(55)57-33-38-27-39(34-57)29-40(28-38)35-57/h4-6,9-12,15-24,31,37-41,43,45H,1-3,7-8,13-14,25-30,32-36H2. The highest BCUT2D eigenvalue weighted by molar-refractivity contribution is 6.06. The molecule has 6 aromatic rings. The van der Waals surface area contributed by atoms with Crippen molar-refractivity contribution < 1.29 is 4.42 Å². The van der Waals surface area contributed by atoms with E-state index in [9.17, 15) is 0 Å². The Kier molecular flexibility index (Phi) is 8.18. The fourth-order valence-electron chi connectivity index (χ4n) is 16.0. The summed E-state index contributed by atoms with van der Waals surface area (Å²) in [6.07, 6.45) is 25.7. The predicted octanol–water partition coefficient (Wildman–Crippen LogP) is 16.1. The van der Waals surface area contributed by atoms with E-state index in [2.05, 4.69) is 114 Å². The Morgan fingerprint density at radius 2 is 1.14 bits per heavy atom. The van der Waals surface area contributed by atoms with Crippen LogP contribution < -0.4 is 4.90 Å². The highest BCUT2D eigenvalue weighted by atomic mass is 16.3. The smallest absolute Gasteiger partial charge is 0.137 e. The Morgan fingerprint density at radius 3 is 1.90 bits per heavy atom.